The number of nitrogens with zero attached hydrogens (tertiary/aromatic N) is 3. The van der Waals surface area contributed by atoms with Crippen molar-refractivity contribution in [3.05, 3.63) is 35.9 Å². The van der Waals surface area contributed by atoms with Crippen LogP contribution < -0.4 is 4.90 Å². The van der Waals surface area contributed by atoms with Gasteiger partial charge < -0.3 is 19.3 Å². The van der Waals surface area contributed by atoms with E-state index in [1.165, 1.54) is 0 Å². The Morgan fingerprint density at radius 2 is 1.94 bits per heavy atom. The maximum Gasteiger partial charge on any atom is 0.232 e. The van der Waals surface area contributed by atoms with Crippen LogP contribution in [0.5, 0.6) is 0 Å². The predicted molar refractivity (Wildman–Crippen MR) is 129 cm³/mol. The Balaban J connectivity index is 1.82. The summed E-state index contributed by atoms with van der Waals surface area (Å²) in [5.74, 6) is 3.07. The SMILES string of the molecule is CCCN(Cc1c(-c2ccccc2)noc1N1CCSCC1)CC(O)COC(C)(C)C. The van der Waals surface area contributed by atoms with Crippen molar-refractivity contribution in [3.63, 3.8) is 0 Å². The van der Waals surface area contributed by atoms with Crippen LogP contribution in [0.1, 0.15) is 39.7 Å². The minimum atomic E-state index is -0.541. The minimum absolute atomic E-state index is 0.259. The Morgan fingerprint density at radius 1 is 1.23 bits per heavy atom. The average molecular weight is 448 g/mol. The molecule has 31 heavy (non-hydrogen) atoms. The summed E-state index contributed by atoms with van der Waals surface area (Å²) in [5.41, 5.74) is 2.81. The van der Waals surface area contributed by atoms with Crippen molar-refractivity contribution >= 4 is 17.6 Å². The second kappa shape index (κ2) is 11.4. The Bertz CT molecular complexity index is 785. The monoisotopic (exact) mass is 447 g/mol. The molecule has 1 aromatic carbocycles. The summed E-state index contributed by atoms with van der Waals surface area (Å²) >= 11 is 1.98. The van der Waals surface area contributed by atoms with Crippen LogP contribution in [0.25, 0.3) is 11.3 Å². The molecule has 1 aliphatic heterocycles. The summed E-state index contributed by atoms with van der Waals surface area (Å²) in [6.45, 7) is 12.6. The average Bonchev–Trinajstić information content (AvgIpc) is 3.17. The molecule has 0 spiro atoms. The van der Waals surface area contributed by atoms with Gasteiger partial charge in [0.2, 0.25) is 5.88 Å². The van der Waals surface area contributed by atoms with Crippen LogP contribution in [-0.4, -0.2) is 71.2 Å². The molecule has 2 aromatic rings. The summed E-state index contributed by atoms with van der Waals surface area (Å²) in [6.07, 6.45) is 0.467. The Hall–Kier alpha value is -1.54. The third-order valence-electron chi connectivity index (χ3n) is 5.21. The van der Waals surface area contributed by atoms with Crippen molar-refractivity contribution in [2.75, 3.05) is 49.2 Å². The van der Waals surface area contributed by atoms with Crippen molar-refractivity contribution in [1.82, 2.24) is 10.1 Å². The van der Waals surface area contributed by atoms with Gasteiger partial charge in [-0.15, -0.1) is 0 Å². The molecule has 0 aliphatic carbocycles. The molecule has 0 amide bonds. The van der Waals surface area contributed by atoms with Gasteiger partial charge in [0.1, 0.15) is 5.69 Å². The fourth-order valence-electron chi connectivity index (χ4n) is 3.75. The number of thioether (sulfide) groups is 1. The lowest BCUT2D eigenvalue weighted by atomic mass is 10.1. The van der Waals surface area contributed by atoms with Crippen LogP contribution in [0.4, 0.5) is 5.88 Å². The van der Waals surface area contributed by atoms with Crippen LogP contribution in [0, 0.1) is 0 Å². The molecule has 1 unspecified atom stereocenters. The zero-order chi connectivity index (χ0) is 22.3. The molecule has 6 nitrogen and oxygen atoms in total. The number of rotatable bonds is 10. The summed E-state index contributed by atoms with van der Waals surface area (Å²) < 4.78 is 11.7. The van der Waals surface area contributed by atoms with Crippen LogP contribution in [-0.2, 0) is 11.3 Å². The molecule has 1 N–H and O–H groups in total. The molecule has 2 heterocycles. The lowest BCUT2D eigenvalue weighted by Crippen LogP contribution is -2.38. The maximum absolute atomic E-state index is 10.6. The van der Waals surface area contributed by atoms with Gasteiger partial charge in [-0.3, -0.25) is 4.90 Å². The van der Waals surface area contributed by atoms with E-state index in [1.807, 2.05) is 50.7 Å². The van der Waals surface area contributed by atoms with E-state index in [-0.39, 0.29) is 5.60 Å². The number of hydrogen-bond acceptors (Lipinski definition) is 7. The zero-order valence-corrected chi connectivity index (χ0v) is 20.2. The van der Waals surface area contributed by atoms with Gasteiger partial charge in [-0.05, 0) is 33.7 Å². The molecule has 3 rings (SSSR count). The first-order valence-corrected chi connectivity index (χ1v) is 12.4. The van der Waals surface area contributed by atoms with Crippen molar-refractivity contribution < 1.29 is 14.4 Å². The van der Waals surface area contributed by atoms with Gasteiger partial charge in [-0.25, -0.2) is 0 Å². The predicted octanol–water partition coefficient (Wildman–Crippen LogP) is 4.28. The van der Waals surface area contributed by atoms with E-state index in [1.54, 1.807) is 0 Å². The van der Waals surface area contributed by atoms with E-state index in [0.29, 0.717) is 19.7 Å². The van der Waals surface area contributed by atoms with Crippen molar-refractivity contribution in [2.45, 2.75) is 52.4 Å². The third-order valence-corrected chi connectivity index (χ3v) is 6.15. The van der Waals surface area contributed by atoms with Crippen molar-refractivity contribution in [3.8, 4) is 11.3 Å². The van der Waals surface area contributed by atoms with Crippen LogP contribution in [0.2, 0.25) is 0 Å². The van der Waals surface area contributed by atoms with Gasteiger partial charge in [0.25, 0.3) is 0 Å². The highest BCUT2D eigenvalue weighted by Crippen LogP contribution is 2.33. The van der Waals surface area contributed by atoms with Crippen molar-refractivity contribution in [2.24, 2.45) is 0 Å². The number of benzene rings is 1. The lowest BCUT2D eigenvalue weighted by Gasteiger charge is -2.29. The fourth-order valence-corrected chi connectivity index (χ4v) is 4.66. The van der Waals surface area contributed by atoms with Crippen LogP contribution in [0.15, 0.2) is 34.9 Å². The van der Waals surface area contributed by atoms with Crippen LogP contribution >= 0.6 is 11.8 Å². The standard InChI is InChI=1S/C24H37N3O3S/c1-5-11-26(16-20(28)18-29-24(2,3)4)17-21-22(19-9-7-6-8-10-19)25-30-23(21)27-12-14-31-15-13-27/h6-10,20,28H,5,11-18H2,1-4H3. The molecule has 1 saturated heterocycles. The maximum atomic E-state index is 10.6. The Morgan fingerprint density at radius 3 is 2.58 bits per heavy atom. The topological polar surface area (TPSA) is 62.0 Å². The smallest absolute Gasteiger partial charge is 0.232 e. The number of aliphatic hydroxyl groups excluding tert-OH is 1. The van der Waals surface area contributed by atoms with Gasteiger partial charge in [-0.2, -0.15) is 11.8 Å². The highest BCUT2D eigenvalue weighted by molar-refractivity contribution is 7.99. The summed E-state index contributed by atoms with van der Waals surface area (Å²) in [4.78, 5) is 4.60. The number of ether oxygens (including phenoxy) is 1. The Labute approximate surface area is 190 Å². The molecule has 1 aliphatic rings. The minimum Gasteiger partial charge on any atom is -0.389 e. The molecule has 0 saturated carbocycles. The molecule has 0 bridgehead atoms. The normalized spacial score (nSPS) is 16.1. The Kier molecular flexibility index (Phi) is 8.84. The first kappa shape index (κ1) is 24.1. The number of anilines is 1. The molecule has 1 fully saturated rings. The molecule has 7 heteroatoms. The molecular weight excluding hydrogens is 410 g/mol. The largest absolute Gasteiger partial charge is 0.389 e. The molecule has 1 atom stereocenters. The van der Waals surface area contributed by atoms with E-state index in [9.17, 15) is 5.11 Å². The molecule has 0 radical (unpaired) electrons. The van der Waals surface area contributed by atoms with E-state index in [0.717, 1.165) is 60.3 Å². The van der Waals surface area contributed by atoms with Gasteiger partial charge in [0.15, 0.2) is 0 Å². The molecular formula is C24H37N3O3S. The molecule has 1 aromatic heterocycles. The number of aliphatic hydroxyl groups is 1. The van der Waals surface area contributed by atoms with E-state index < -0.39 is 6.10 Å². The third kappa shape index (κ3) is 7.24. The number of hydrogen-bond donors (Lipinski definition) is 1. The van der Waals surface area contributed by atoms with Gasteiger partial charge in [0, 0.05) is 43.2 Å². The van der Waals surface area contributed by atoms with E-state index in [4.69, 9.17) is 9.26 Å². The lowest BCUT2D eigenvalue weighted by molar-refractivity contribution is -0.0566. The van der Waals surface area contributed by atoms with E-state index >= 15 is 0 Å². The highest BCUT2D eigenvalue weighted by atomic mass is 32.2. The summed E-state index contributed by atoms with van der Waals surface area (Å²) in [5, 5.41) is 15.1. The number of aromatic nitrogens is 1. The van der Waals surface area contributed by atoms with Gasteiger partial charge in [0.05, 0.1) is 23.9 Å². The second-order valence-corrected chi connectivity index (χ2v) is 10.3. The van der Waals surface area contributed by atoms with Crippen molar-refractivity contribution in [1.29, 1.82) is 0 Å². The van der Waals surface area contributed by atoms with Gasteiger partial charge >= 0.3 is 0 Å². The first-order valence-electron chi connectivity index (χ1n) is 11.3. The fraction of sp³-hybridized carbons (Fsp3) is 0.625. The zero-order valence-electron chi connectivity index (χ0n) is 19.3. The highest BCUT2D eigenvalue weighted by Gasteiger charge is 2.26. The summed E-state index contributed by atoms with van der Waals surface area (Å²) in [7, 11) is 0. The second-order valence-electron chi connectivity index (χ2n) is 9.09. The van der Waals surface area contributed by atoms with Crippen LogP contribution in [0.3, 0.4) is 0 Å². The summed E-state index contributed by atoms with van der Waals surface area (Å²) in [6, 6.07) is 10.2. The van der Waals surface area contributed by atoms with E-state index in [2.05, 4.69) is 34.0 Å². The van der Waals surface area contributed by atoms with Gasteiger partial charge in [-0.1, -0.05) is 42.4 Å². The quantitative estimate of drug-likeness (QED) is 0.583. The molecule has 172 valence electrons. The first-order chi connectivity index (χ1) is 14.9.